The number of aliphatic carboxylic acids is 2. The number of hydrogen-bond acceptors (Lipinski definition) is 23. The Morgan fingerprint density at radius 2 is 1.50 bits per heavy atom. The van der Waals surface area contributed by atoms with E-state index in [-0.39, 0.29) is 63.3 Å². The normalized spacial score (nSPS) is 14.6. The highest BCUT2D eigenvalue weighted by molar-refractivity contribution is 8.00. The minimum atomic E-state index is -5.53. The second kappa shape index (κ2) is 25.1. The van der Waals surface area contributed by atoms with Crippen LogP contribution >= 0.6 is 11.8 Å². The Labute approximate surface area is 488 Å². The number of rotatable bonds is 24. The maximum atomic E-state index is 14.1. The Hall–Kier alpha value is -9.90. The second-order valence-electron chi connectivity index (χ2n) is 19.2. The predicted octanol–water partition coefficient (Wildman–Crippen LogP) is -0.487. The number of likely N-dealkylation sites (tertiary alicyclic amines) is 1. The van der Waals surface area contributed by atoms with Gasteiger partial charge < -0.3 is 61.6 Å². The van der Waals surface area contributed by atoms with Crippen molar-refractivity contribution in [2.45, 2.75) is 85.3 Å². The number of imide groups is 1. The summed E-state index contributed by atoms with van der Waals surface area (Å²) in [5.74, 6) is -10.6. The molecule has 2 aliphatic heterocycles. The van der Waals surface area contributed by atoms with Crippen LogP contribution < -0.4 is 49.1 Å². The van der Waals surface area contributed by atoms with Crippen LogP contribution in [0, 0.1) is 0 Å². The molecule has 4 unspecified atom stereocenters. The minimum Gasteiger partial charge on any atom is -0.744 e. The monoisotopic (exact) mass is 1240 g/mol. The molecule has 5 aromatic rings. The summed E-state index contributed by atoms with van der Waals surface area (Å²) in [4.78, 5) is 131. The maximum absolute atomic E-state index is 14.1. The van der Waals surface area contributed by atoms with Gasteiger partial charge in [-0.2, -0.15) is 4.98 Å². The number of unbranched alkanes of at least 4 members (excludes halogenated alkanes) is 1. The summed E-state index contributed by atoms with van der Waals surface area (Å²) in [6, 6.07) is 9.81. The smallest absolute Gasteiger partial charge is 0.336 e. The first kappa shape index (κ1) is 62.2. The number of nitrogen functional groups attached to an aromatic ring is 2. The Morgan fingerprint density at radius 1 is 0.837 bits per heavy atom. The number of aromatic nitrogens is 4. The molecule has 0 spiro atoms. The molecule has 3 aliphatic rings. The molecule has 3 aromatic carbocycles. The van der Waals surface area contributed by atoms with Crippen LogP contribution in [0.1, 0.15) is 82.2 Å². The van der Waals surface area contributed by atoms with Crippen LogP contribution in [0.5, 0.6) is 0 Å². The number of H-pyrrole nitrogens is 1. The average Bonchev–Trinajstić information content (AvgIpc) is 0.862. The highest BCUT2D eigenvalue weighted by atomic mass is 32.2. The van der Waals surface area contributed by atoms with E-state index in [1.165, 1.54) is 30.5 Å². The van der Waals surface area contributed by atoms with E-state index in [2.05, 4.69) is 41.2 Å². The molecule has 5 amide bonds. The van der Waals surface area contributed by atoms with Gasteiger partial charge in [-0.1, -0.05) is 19.4 Å². The summed E-state index contributed by atoms with van der Waals surface area (Å²) < 4.78 is 80.9. The molecular formula is C52H49N12O19S3-. The fourth-order valence-electron chi connectivity index (χ4n) is 9.28. The molecule has 1 saturated heterocycles. The lowest BCUT2D eigenvalue weighted by Crippen LogP contribution is -2.51. The van der Waals surface area contributed by atoms with Crippen molar-refractivity contribution in [1.82, 2.24) is 40.8 Å². The lowest BCUT2D eigenvalue weighted by atomic mass is 9.89. The van der Waals surface area contributed by atoms with Crippen LogP contribution in [0.4, 0.5) is 17.3 Å². The number of carbonyl (C=O) groups excluding carboxylic acids is 5. The van der Waals surface area contributed by atoms with Crippen molar-refractivity contribution in [1.29, 1.82) is 0 Å². The number of nitrogens with two attached hydrogens (primary N) is 3. The van der Waals surface area contributed by atoms with Gasteiger partial charge in [0.25, 0.3) is 17.4 Å². The number of thioether (sulfide) groups is 1. The third kappa shape index (κ3) is 13.5. The lowest BCUT2D eigenvalue weighted by molar-refractivity contribution is -0.176. The number of aromatic carboxylic acids is 1. The van der Waals surface area contributed by atoms with Gasteiger partial charge >= 0.3 is 17.9 Å². The molecule has 8 rings (SSSR count). The molecule has 0 radical (unpaired) electrons. The van der Waals surface area contributed by atoms with Crippen LogP contribution in [-0.2, 0) is 50.8 Å². The van der Waals surface area contributed by atoms with Gasteiger partial charge in [0.05, 0.1) is 34.9 Å². The minimum absolute atomic E-state index is 0.0188. The number of carboxylic acids is 3. The molecule has 4 atom stereocenters. The molecule has 0 bridgehead atoms. The average molecular weight is 1240 g/mol. The van der Waals surface area contributed by atoms with E-state index in [0.29, 0.717) is 36.0 Å². The van der Waals surface area contributed by atoms with Crippen LogP contribution in [-0.4, -0.2) is 143 Å². The highest BCUT2D eigenvalue weighted by Gasteiger charge is 2.44. The van der Waals surface area contributed by atoms with Crippen molar-refractivity contribution in [2.75, 3.05) is 22.5 Å². The standard InChI is InChI=1S/C52H50N12O19S3/c1-2-3-4-35(61-46(68)23-7-10-26(29(17-23)49(71)72)38-27-11-13-30(53)42(85(77,78)79)40(27)83-41-28(38)12-14-31(54)43(41)86(80,81)82)64-37(66)18-34(48(64)70)84-21-33(51(75)76)59-36(65)16-15-32(50(73)74)60-45(67)22-5-8-24(9-6-22)56-19-25-20-57-44-39(58-25)47(69)63-52(55)62-44/h5-14,17,20,32-35,53,56H,2-4,15-16,18-19,21,54H2,1H3,(H,59,65)(H,60,67)(H,61,68)(H,71,72)(H,73,74)(H,75,76)(H,77,78,79)(H,80,81,82)(H3,55,57,62,63,69)/p-1. The van der Waals surface area contributed by atoms with Gasteiger partial charge in [-0.15, -0.1) is 11.8 Å². The summed E-state index contributed by atoms with van der Waals surface area (Å²) >= 11 is 0.698. The van der Waals surface area contributed by atoms with Gasteiger partial charge in [-0.25, -0.2) is 41.2 Å². The molecule has 1 fully saturated rings. The van der Waals surface area contributed by atoms with E-state index in [4.69, 9.17) is 21.3 Å². The number of carbonyl (C=O) groups is 8. The van der Waals surface area contributed by atoms with Crippen LogP contribution in [0.25, 0.3) is 44.6 Å². The van der Waals surface area contributed by atoms with E-state index in [1.807, 2.05) is 0 Å². The molecule has 14 N–H and O–H groups in total. The van der Waals surface area contributed by atoms with Gasteiger partial charge in [0.15, 0.2) is 27.4 Å². The number of hydrogen-bond donors (Lipinski definition) is 11. The SMILES string of the molecule is CCCCC(NC(=O)c1ccc(-c2c3ccc(=[NH2+])c(S(=O)(=O)[O-])c-3oc3c(S(=O)(=O)[O-])c(N)ccc23)c(C(=O)O)c1)N1C(=O)CC(SCC(NC(=O)CCC(NC(=O)c2ccc(NCc3cnc4nc(N)[nH]c(=O)c4n3)cc2)C(=O)O)C(=O)O)C1=O. The zero-order valence-electron chi connectivity index (χ0n) is 44.5. The first-order valence-electron chi connectivity index (χ1n) is 25.5. The topological polar surface area (TPSA) is 525 Å². The third-order valence-corrected chi connectivity index (χ3v) is 16.5. The van der Waals surface area contributed by atoms with E-state index in [1.54, 1.807) is 6.92 Å². The Balaban J connectivity index is 0.914. The molecule has 450 valence electrons. The van der Waals surface area contributed by atoms with E-state index >= 15 is 0 Å². The van der Waals surface area contributed by atoms with Crippen molar-refractivity contribution in [3.8, 4) is 22.5 Å². The zero-order valence-corrected chi connectivity index (χ0v) is 47.0. The molecule has 0 saturated carbocycles. The molecule has 34 heteroatoms. The number of nitrogens with one attached hydrogen (secondary N) is 5. The van der Waals surface area contributed by atoms with Crippen LogP contribution in [0.2, 0.25) is 0 Å². The predicted molar refractivity (Wildman–Crippen MR) is 298 cm³/mol. The Kier molecular flexibility index (Phi) is 18.2. The van der Waals surface area contributed by atoms with Crippen molar-refractivity contribution in [3.05, 3.63) is 111 Å². The number of fused-ring (bicyclic) bond motifs is 3. The third-order valence-electron chi connectivity index (χ3n) is 13.4. The Morgan fingerprint density at radius 3 is 2.15 bits per heavy atom. The van der Waals surface area contributed by atoms with Gasteiger partial charge in [-0.3, -0.25) is 44.1 Å². The Bertz CT molecular complexity index is 4290. The van der Waals surface area contributed by atoms with Gasteiger partial charge in [0, 0.05) is 58.0 Å². The number of nitrogens with zero attached hydrogens (tertiary/aromatic N) is 4. The first-order valence-corrected chi connectivity index (χ1v) is 29.3. The number of benzene rings is 4. The van der Waals surface area contributed by atoms with Crippen LogP contribution in [0.15, 0.2) is 91.9 Å². The maximum Gasteiger partial charge on any atom is 0.336 e. The number of amides is 5. The van der Waals surface area contributed by atoms with Crippen molar-refractivity contribution in [2.24, 2.45) is 0 Å². The van der Waals surface area contributed by atoms with Crippen molar-refractivity contribution >= 4 is 119 Å². The van der Waals surface area contributed by atoms with Gasteiger partial charge in [-0.05, 0) is 79.4 Å². The van der Waals surface area contributed by atoms with Gasteiger partial charge in [0.2, 0.25) is 29.0 Å². The van der Waals surface area contributed by atoms with E-state index in [0.717, 1.165) is 47.4 Å². The number of aromatic amines is 1. The van der Waals surface area contributed by atoms with E-state index in [9.17, 15) is 84.4 Å². The number of anilines is 3. The zero-order chi connectivity index (χ0) is 62.7. The molecule has 2 aromatic heterocycles. The van der Waals surface area contributed by atoms with Crippen molar-refractivity contribution in [3.63, 3.8) is 0 Å². The fourth-order valence-corrected chi connectivity index (χ4v) is 11.9. The summed E-state index contributed by atoms with van der Waals surface area (Å²) in [6.45, 7) is 1.88. The second-order valence-corrected chi connectivity index (χ2v) is 23.1. The molecule has 4 heterocycles. The summed E-state index contributed by atoms with van der Waals surface area (Å²) in [5, 5.41) is 44.4. The van der Waals surface area contributed by atoms with Gasteiger partial charge in [0.1, 0.15) is 43.4 Å². The lowest BCUT2D eigenvalue weighted by Gasteiger charge is -2.28. The largest absolute Gasteiger partial charge is 0.744 e. The molecule has 1 aliphatic carbocycles. The van der Waals surface area contributed by atoms with Crippen LogP contribution in [0.3, 0.4) is 0 Å². The quantitative estimate of drug-likeness (QED) is 0.0157. The summed E-state index contributed by atoms with van der Waals surface area (Å²) in [6.07, 6.45) is -0.718. The van der Waals surface area contributed by atoms with Crippen molar-refractivity contribution < 1.29 is 89.4 Å². The summed E-state index contributed by atoms with van der Waals surface area (Å²) in [5.41, 5.74) is 8.25. The molecule has 31 nitrogen and oxygen atoms in total. The molecule has 86 heavy (non-hydrogen) atoms. The fraction of sp³-hybridized carbons (Fsp3) is 0.250. The summed E-state index contributed by atoms with van der Waals surface area (Å²) in [7, 11) is -11.1. The van der Waals surface area contributed by atoms with E-state index < -0.39 is 159 Å². The highest BCUT2D eigenvalue weighted by Crippen LogP contribution is 2.46. The molecular weight excluding hydrogens is 1190 g/mol. The number of carboxylic acid groups (broad SMARTS) is 3. The first-order chi connectivity index (χ1) is 40.5.